The zero-order chi connectivity index (χ0) is 13.7. The van der Waals surface area contributed by atoms with Gasteiger partial charge in [-0.3, -0.25) is 4.21 Å². The lowest BCUT2D eigenvalue weighted by Crippen LogP contribution is -2.04. The van der Waals surface area contributed by atoms with E-state index in [0.717, 1.165) is 5.56 Å². The first kappa shape index (κ1) is 13.7. The van der Waals surface area contributed by atoms with Crippen LogP contribution in [-0.4, -0.2) is 10.1 Å². The maximum atomic E-state index is 13.2. The van der Waals surface area contributed by atoms with Gasteiger partial charge in [0.25, 0.3) is 0 Å². The van der Waals surface area contributed by atoms with Crippen LogP contribution in [0.4, 0.5) is 10.1 Å². The zero-order valence-electron chi connectivity index (χ0n) is 10.2. The fourth-order valence-corrected chi connectivity index (χ4v) is 2.35. The molecule has 0 saturated carbocycles. The van der Waals surface area contributed by atoms with Gasteiger partial charge in [-0.1, -0.05) is 30.3 Å². The van der Waals surface area contributed by atoms with Gasteiger partial charge in [0.05, 0.1) is 23.1 Å². The third-order valence-electron chi connectivity index (χ3n) is 2.54. The van der Waals surface area contributed by atoms with Crippen molar-refractivity contribution in [3.63, 3.8) is 0 Å². The van der Waals surface area contributed by atoms with Gasteiger partial charge < -0.3 is 10.5 Å². The molecule has 0 aliphatic carbocycles. The van der Waals surface area contributed by atoms with E-state index < -0.39 is 16.6 Å². The van der Waals surface area contributed by atoms with Gasteiger partial charge in [-0.2, -0.15) is 0 Å². The summed E-state index contributed by atoms with van der Waals surface area (Å²) in [7, 11) is -1.39. The molecule has 2 rings (SSSR count). The fourth-order valence-electron chi connectivity index (χ4n) is 1.53. The molecule has 0 aliphatic heterocycles. The molecule has 0 amide bonds. The van der Waals surface area contributed by atoms with E-state index in [-0.39, 0.29) is 11.6 Å². The molecule has 0 fully saturated rings. The normalized spacial score (nSPS) is 12.3. The minimum absolute atomic E-state index is 0.0260. The second-order valence-corrected chi connectivity index (χ2v) is 5.38. The Morgan fingerprint density at radius 2 is 1.89 bits per heavy atom. The van der Waals surface area contributed by atoms with Gasteiger partial charge in [-0.15, -0.1) is 0 Å². The first-order valence-electron chi connectivity index (χ1n) is 5.72. The van der Waals surface area contributed by atoms with Crippen LogP contribution < -0.4 is 5.73 Å². The van der Waals surface area contributed by atoms with Crippen molar-refractivity contribution >= 4 is 16.5 Å². The van der Waals surface area contributed by atoms with Crippen molar-refractivity contribution in [3.8, 4) is 0 Å². The van der Waals surface area contributed by atoms with Crippen LogP contribution >= 0.6 is 0 Å². The number of rotatable bonds is 5. The summed E-state index contributed by atoms with van der Waals surface area (Å²) in [5.41, 5.74) is 6.41. The van der Waals surface area contributed by atoms with Gasteiger partial charge in [0, 0.05) is 4.90 Å². The smallest absolute Gasteiger partial charge is 0.147 e. The quantitative estimate of drug-likeness (QED) is 0.856. The molecule has 0 saturated heterocycles. The molecule has 0 aromatic heterocycles. The minimum Gasteiger partial charge on any atom is -0.396 e. The summed E-state index contributed by atoms with van der Waals surface area (Å²) in [5, 5.41) is 0. The van der Waals surface area contributed by atoms with Crippen molar-refractivity contribution in [3.05, 3.63) is 59.9 Å². The van der Waals surface area contributed by atoms with Crippen LogP contribution in [0.1, 0.15) is 5.56 Å². The average Bonchev–Trinajstić information content (AvgIpc) is 2.43. The SMILES string of the molecule is Nc1ccc(S(=O)COCc2ccccc2)cc1F. The summed E-state index contributed by atoms with van der Waals surface area (Å²) in [6, 6.07) is 13.7. The van der Waals surface area contributed by atoms with Gasteiger partial charge in [-0.05, 0) is 23.8 Å². The molecule has 0 aliphatic rings. The number of anilines is 1. The highest BCUT2D eigenvalue weighted by Crippen LogP contribution is 2.15. The third kappa shape index (κ3) is 3.87. The number of hydrogen-bond donors (Lipinski definition) is 1. The summed E-state index contributed by atoms with van der Waals surface area (Å²) < 4.78 is 30.5. The second-order valence-electron chi connectivity index (χ2n) is 3.98. The Kier molecular flexibility index (Phi) is 4.65. The molecule has 0 bridgehead atoms. The molecule has 19 heavy (non-hydrogen) atoms. The molecule has 3 nitrogen and oxygen atoms in total. The van der Waals surface area contributed by atoms with E-state index in [1.807, 2.05) is 30.3 Å². The van der Waals surface area contributed by atoms with E-state index >= 15 is 0 Å². The van der Waals surface area contributed by atoms with E-state index in [1.165, 1.54) is 12.1 Å². The van der Waals surface area contributed by atoms with Crippen LogP contribution in [-0.2, 0) is 22.1 Å². The molecule has 2 aromatic carbocycles. The van der Waals surface area contributed by atoms with Crippen molar-refractivity contribution in [2.75, 3.05) is 11.7 Å². The molecule has 0 heterocycles. The Morgan fingerprint density at radius 3 is 2.58 bits per heavy atom. The lowest BCUT2D eigenvalue weighted by atomic mass is 10.2. The molecular formula is C14H14FNO2S. The van der Waals surface area contributed by atoms with Gasteiger partial charge in [0.1, 0.15) is 11.8 Å². The lowest BCUT2D eigenvalue weighted by molar-refractivity contribution is 0.166. The Bertz CT molecular complexity index is 575. The van der Waals surface area contributed by atoms with E-state index in [4.69, 9.17) is 10.5 Å². The Labute approximate surface area is 113 Å². The number of nitrogens with two attached hydrogens (primary N) is 1. The fraction of sp³-hybridized carbons (Fsp3) is 0.143. The van der Waals surface area contributed by atoms with Crippen LogP contribution in [0.2, 0.25) is 0 Å². The molecule has 2 aromatic rings. The van der Waals surface area contributed by atoms with Gasteiger partial charge in [0.15, 0.2) is 0 Å². The van der Waals surface area contributed by atoms with E-state index in [2.05, 4.69) is 0 Å². The van der Waals surface area contributed by atoms with Crippen LogP contribution in [0.25, 0.3) is 0 Å². The number of hydrogen-bond acceptors (Lipinski definition) is 3. The molecule has 0 spiro atoms. The van der Waals surface area contributed by atoms with Crippen molar-refractivity contribution < 1.29 is 13.3 Å². The second kappa shape index (κ2) is 6.45. The first-order chi connectivity index (χ1) is 9.16. The predicted octanol–water partition coefficient (Wildman–Crippen LogP) is 2.69. The summed E-state index contributed by atoms with van der Waals surface area (Å²) in [6.07, 6.45) is 0. The van der Waals surface area contributed by atoms with Crippen molar-refractivity contribution in [1.29, 1.82) is 0 Å². The Morgan fingerprint density at radius 1 is 1.16 bits per heavy atom. The Balaban J connectivity index is 1.89. The number of halogens is 1. The number of ether oxygens (including phenoxy) is 1. The highest BCUT2D eigenvalue weighted by Gasteiger charge is 2.07. The van der Waals surface area contributed by atoms with Crippen LogP contribution in [0.3, 0.4) is 0 Å². The summed E-state index contributed by atoms with van der Waals surface area (Å²) in [6.45, 7) is 0.379. The van der Waals surface area contributed by atoms with Gasteiger partial charge in [0.2, 0.25) is 0 Å². The molecule has 1 unspecified atom stereocenters. The summed E-state index contributed by atoms with van der Waals surface area (Å²) in [4.78, 5) is 0.375. The predicted molar refractivity (Wildman–Crippen MR) is 73.3 cm³/mol. The highest BCUT2D eigenvalue weighted by atomic mass is 32.2. The summed E-state index contributed by atoms with van der Waals surface area (Å²) >= 11 is 0. The summed E-state index contributed by atoms with van der Waals surface area (Å²) in [5.74, 6) is -0.535. The first-order valence-corrected chi connectivity index (χ1v) is 7.04. The number of nitrogen functional groups attached to an aromatic ring is 1. The zero-order valence-corrected chi connectivity index (χ0v) is 11.0. The van der Waals surface area contributed by atoms with Gasteiger partial charge in [-0.25, -0.2) is 4.39 Å². The van der Waals surface area contributed by atoms with E-state index in [1.54, 1.807) is 6.07 Å². The topological polar surface area (TPSA) is 52.3 Å². The number of benzene rings is 2. The van der Waals surface area contributed by atoms with Crippen LogP contribution in [0.5, 0.6) is 0 Å². The van der Waals surface area contributed by atoms with Crippen LogP contribution in [0, 0.1) is 5.82 Å². The van der Waals surface area contributed by atoms with Crippen LogP contribution in [0.15, 0.2) is 53.4 Å². The van der Waals surface area contributed by atoms with E-state index in [9.17, 15) is 8.60 Å². The highest BCUT2D eigenvalue weighted by molar-refractivity contribution is 7.84. The minimum atomic E-state index is -1.39. The monoisotopic (exact) mass is 279 g/mol. The Hall–Kier alpha value is -1.72. The molecule has 1 atom stereocenters. The van der Waals surface area contributed by atoms with Crippen molar-refractivity contribution in [2.45, 2.75) is 11.5 Å². The lowest BCUT2D eigenvalue weighted by Gasteiger charge is -2.05. The average molecular weight is 279 g/mol. The largest absolute Gasteiger partial charge is 0.396 e. The standard InChI is InChI=1S/C14H14FNO2S/c15-13-8-12(6-7-14(13)16)19(17)10-18-9-11-4-2-1-3-5-11/h1-8H,9-10,16H2. The molecule has 5 heteroatoms. The molecule has 0 radical (unpaired) electrons. The third-order valence-corrected chi connectivity index (χ3v) is 3.70. The van der Waals surface area contributed by atoms with Gasteiger partial charge >= 0.3 is 0 Å². The maximum absolute atomic E-state index is 13.2. The van der Waals surface area contributed by atoms with E-state index in [0.29, 0.717) is 11.5 Å². The molecule has 2 N–H and O–H groups in total. The molecular weight excluding hydrogens is 265 g/mol. The van der Waals surface area contributed by atoms with Crippen molar-refractivity contribution in [2.24, 2.45) is 0 Å². The molecule has 100 valence electrons. The maximum Gasteiger partial charge on any atom is 0.147 e. The van der Waals surface area contributed by atoms with Crippen molar-refractivity contribution in [1.82, 2.24) is 0 Å².